The van der Waals surface area contributed by atoms with E-state index < -0.39 is 13.6 Å². The molecule has 0 bridgehead atoms. The van der Waals surface area contributed by atoms with Crippen LogP contribution in [-0.4, -0.2) is 31.4 Å². The summed E-state index contributed by atoms with van der Waals surface area (Å²) in [6.45, 7) is 8.74. The Morgan fingerprint density at radius 2 is 1.61 bits per heavy atom. The van der Waals surface area contributed by atoms with Crippen molar-refractivity contribution in [3.63, 3.8) is 0 Å². The maximum atomic E-state index is 12.4. The zero-order valence-electron chi connectivity index (χ0n) is 11.9. The number of carbonyl (C=O) groups excluding carboxylic acids is 1. The summed E-state index contributed by atoms with van der Waals surface area (Å²) < 4.78 is 27.7. The number of carbonyl (C=O) groups is 1. The third kappa shape index (κ3) is 6.94. The third-order valence-corrected chi connectivity index (χ3v) is 3.99. The van der Waals surface area contributed by atoms with Gasteiger partial charge in [-0.3, -0.25) is 4.57 Å². The lowest BCUT2D eigenvalue weighted by Gasteiger charge is -2.21. The molecule has 5 nitrogen and oxygen atoms in total. The zero-order chi connectivity index (χ0) is 14.3. The molecule has 0 radical (unpaired) electrons. The maximum Gasteiger partial charge on any atom is 0.334 e. The summed E-state index contributed by atoms with van der Waals surface area (Å²) in [4.78, 5) is 11.2. The van der Waals surface area contributed by atoms with Gasteiger partial charge in [0.25, 0.3) is 0 Å². The SMILES string of the molecule is COC(=O)C(C)=CCP(=O)(OC(C)C)OC(C)C. The van der Waals surface area contributed by atoms with Crippen molar-refractivity contribution in [1.82, 2.24) is 0 Å². The third-order valence-electron chi connectivity index (χ3n) is 1.87. The fourth-order valence-corrected chi connectivity index (χ4v) is 3.25. The van der Waals surface area contributed by atoms with E-state index in [9.17, 15) is 9.36 Å². The maximum absolute atomic E-state index is 12.4. The topological polar surface area (TPSA) is 61.8 Å². The van der Waals surface area contributed by atoms with Crippen molar-refractivity contribution in [3.05, 3.63) is 11.6 Å². The summed E-state index contributed by atoms with van der Waals surface area (Å²) in [5.74, 6) is -0.448. The van der Waals surface area contributed by atoms with Gasteiger partial charge in [0.15, 0.2) is 0 Å². The van der Waals surface area contributed by atoms with Crippen molar-refractivity contribution in [2.75, 3.05) is 13.3 Å². The normalized spacial score (nSPS) is 13.2. The van der Waals surface area contributed by atoms with Gasteiger partial charge in [-0.25, -0.2) is 4.79 Å². The van der Waals surface area contributed by atoms with Crippen LogP contribution < -0.4 is 0 Å². The zero-order valence-corrected chi connectivity index (χ0v) is 12.8. The number of methoxy groups -OCH3 is 1. The first kappa shape index (κ1) is 17.4. The largest absolute Gasteiger partial charge is 0.466 e. The Hall–Kier alpha value is -0.640. The molecule has 0 fully saturated rings. The molecular weight excluding hydrogens is 255 g/mol. The minimum atomic E-state index is -3.22. The second kappa shape index (κ2) is 7.72. The van der Waals surface area contributed by atoms with Crippen molar-refractivity contribution >= 4 is 13.6 Å². The van der Waals surface area contributed by atoms with E-state index >= 15 is 0 Å². The van der Waals surface area contributed by atoms with Gasteiger partial charge in [0.2, 0.25) is 0 Å². The van der Waals surface area contributed by atoms with Gasteiger partial charge >= 0.3 is 13.6 Å². The quantitative estimate of drug-likeness (QED) is 0.406. The van der Waals surface area contributed by atoms with Crippen molar-refractivity contribution in [2.24, 2.45) is 0 Å². The Morgan fingerprint density at radius 1 is 1.17 bits per heavy atom. The molecule has 0 aromatic heterocycles. The Morgan fingerprint density at radius 3 is 1.94 bits per heavy atom. The Balaban J connectivity index is 4.80. The molecule has 0 rings (SSSR count). The first-order valence-corrected chi connectivity index (χ1v) is 7.64. The number of allylic oxidation sites excluding steroid dienone is 1. The predicted molar refractivity (Wildman–Crippen MR) is 70.7 cm³/mol. The molecule has 0 aliphatic carbocycles. The lowest BCUT2D eigenvalue weighted by atomic mass is 10.3. The number of ether oxygens (including phenoxy) is 1. The molecule has 0 aliphatic rings. The molecule has 0 aromatic carbocycles. The molecule has 18 heavy (non-hydrogen) atoms. The van der Waals surface area contributed by atoms with Crippen molar-refractivity contribution < 1.29 is 23.1 Å². The second-order valence-electron chi connectivity index (χ2n) is 4.48. The number of hydrogen-bond donors (Lipinski definition) is 0. The van der Waals surface area contributed by atoms with Crippen LogP contribution in [0.1, 0.15) is 34.6 Å². The van der Waals surface area contributed by atoms with Gasteiger partial charge in [0.05, 0.1) is 25.5 Å². The van der Waals surface area contributed by atoms with Crippen molar-refractivity contribution in [1.29, 1.82) is 0 Å². The fourth-order valence-electron chi connectivity index (χ4n) is 1.25. The minimum Gasteiger partial charge on any atom is -0.466 e. The van der Waals surface area contributed by atoms with E-state index in [0.717, 1.165) is 0 Å². The van der Waals surface area contributed by atoms with Crippen molar-refractivity contribution in [3.8, 4) is 0 Å². The van der Waals surface area contributed by atoms with Crippen LogP contribution in [0.15, 0.2) is 11.6 Å². The van der Waals surface area contributed by atoms with Gasteiger partial charge in [0, 0.05) is 5.57 Å². The van der Waals surface area contributed by atoms with Gasteiger partial charge < -0.3 is 13.8 Å². The van der Waals surface area contributed by atoms with Crippen LogP contribution in [0.3, 0.4) is 0 Å². The average Bonchev–Trinajstić information content (AvgIpc) is 2.22. The van der Waals surface area contributed by atoms with Gasteiger partial charge in [-0.2, -0.15) is 0 Å². The monoisotopic (exact) mass is 278 g/mol. The van der Waals surface area contributed by atoms with E-state index in [1.54, 1.807) is 34.6 Å². The van der Waals surface area contributed by atoms with E-state index in [2.05, 4.69) is 4.74 Å². The van der Waals surface area contributed by atoms with Gasteiger partial charge in [-0.15, -0.1) is 0 Å². The number of rotatable bonds is 7. The van der Waals surface area contributed by atoms with E-state index in [4.69, 9.17) is 9.05 Å². The summed E-state index contributed by atoms with van der Waals surface area (Å²) in [5, 5.41) is 0. The van der Waals surface area contributed by atoms with Crippen LogP contribution >= 0.6 is 7.60 Å². The highest BCUT2D eigenvalue weighted by atomic mass is 31.2. The van der Waals surface area contributed by atoms with Crippen LogP contribution in [-0.2, 0) is 23.1 Å². The highest BCUT2D eigenvalue weighted by molar-refractivity contribution is 7.54. The van der Waals surface area contributed by atoms with Gasteiger partial charge in [0.1, 0.15) is 0 Å². The lowest BCUT2D eigenvalue weighted by molar-refractivity contribution is -0.136. The molecule has 0 saturated heterocycles. The van der Waals surface area contributed by atoms with Crippen molar-refractivity contribution in [2.45, 2.75) is 46.8 Å². The first-order valence-electron chi connectivity index (χ1n) is 5.91. The standard InChI is InChI=1S/C12H23O5P/c1-9(2)16-18(14,17-10(3)4)8-7-11(5)12(13)15-6/h7,9-10H,8H2,1-6H3. The molecule has 0 amide bonds. The van der Waals surface area contributed by atoms with Crippen LogP contribution in [0.25, 0.3) is 0 Å². The summed E-state index contributed by atoms with van der Waals surface area (Å²) in [6.07, 6.45) is 1.17. The Labute approximate surface area is 109 Å². The summed E-state index contributed by atoms with van der Waals surface area (Å²) in [5.41, 5.74) is 0.387. The van der Waals surface area contributed by atoms with Gasteiger partial charge in [-0.1, -0.05) is 6.08 Å². The molecule has 0 atom stereocenters. The van der Waals surface area contributed by atoms with E-state index in [-0.39, 0.29) is 18.4 Å². The molecule has 0 aromatic rings. The highest BCUT2D eigenvalue weighted by Crippen LogP contribution is 2.50. The van der Waals surface area contributed by atoms with Crippen LogP contribution in [0.2, 0.25) is 0 Å². The van der Waals surface area contributed by atoms with Crippen LogP contribution in [0.4, 0.5) is 0 Å². The minimum absolute atomic E-state index is 0.0598. The molecule has 0 N–H and O–H groups in total. The highest BCUT2D eigenvalue weighted by Gasteiger charge is 2.26. The molecule has 0 aliphatic heterocycles. The summed E-state index contributed by atoms with van der Waals surface area (Å²) in [6, 6.07) is 0. The fraction of sp³-hybridized carbons (Fsp3) is 0.750. The number of esters is 1. The van der Waals surface area contributed by atoms with E-state index in [1.165, 1.54) is 13.2 Å². The van der Waals surface area contributed by atoms with E-state index in [1.807, 2.05) is 0 Å². The molecular formula is C12H23O5P. The first-order chi connectivity index (χ1) is 8.20. The summed E-state index contributed by atoms with van der Waals surface area (Å²) >= 11 is 0. The van der Waals surface area contributed by atoms with Crippen LogP contribution in [0.5, 0.6) is 0 Å². The Kier molecular flexibility index (Phi) is 7.45. The molecule has 0 spiro atoms. The lowest BCUT2D eigenvalue weighted by Crippen LogP contribution is -2.10. The molecule has 0 unspecified atom stereocenters. The molecule has 6 heteroatoms. The molecule has 0 heterocycles. The van der Waals surface area contributed by atoms with Gasteiger partial charge in [-0.05, 0) is 34.6 Å². The smallest absolute Gasteiger partial charge is 0.334 e. The predicted octanol–water partition coefficient (Wildman–Crippen LogP) is 3.15. The summed E-state index contributed by atoms with van der Waals surface area (Å²) in [7, 11) is -1.92. The molecule has 0 saturated carbocycles. The van der Waals surface area contributed by atoms with Crippen LogP contribution in [0, 0.1) is 0 Å². The Bertz CT molecular complexity index is 332. The molecule has 106 valence electrons. The van der Waals surface area contributed by atoms with E-state index in [0.29, 0.717) is 5.57 Å². The number of hydrogen-bond acceptors (Lipinski definition) is 5. The second-order valence-corrected chi connectivity index (χ2v) is 6.49. The average molecular weight is 278 g/mol.